The van der Waals surface area contributed by atoms with E-state index in [1.54, 1.807) is 11.8 Å². The molecule has 22 heavy (non-hydrogen) atoms. The number of rotatable bonds is 5. The number of nitrogens with zero attached hydrogens (tertiary/aromatic N) is 1. The second kappa shape index (κ2) is 6.44. The Morgan fingerprint density at radius 2 is 1.95 bits per heavy atom. The van der Waals surface area contributed by atoms with Gasteiger partial charge in [0.1, 0.15) is 11.6 Å². The molecule has 0 saturated heterocycles. The Morgan fingerprint density at radius 1 is 1.18 bits per heavy atom. The maximum Gasteiger partial charge on any atom is 0.121 e. The molecular formula is C18H20N2OS. The summed E-state index contributed by atoms with van der Waals surface area (Å²) in [6.07, 6.45) is 2.09. The monoisotopic (exact) mass is 312 g/mol. The van der Waals surface area contributed by atoms with Gasteiger partial charge in [0.05, 0.1) is 17.6 Å². The highest BCUT2D eigenvalue weighted by Gasteiger charge is 2.13. The molecule has 114 valence electrons. The van der Waals surface area contributed by atoms with Gasteiger partial charge in [0.25, 0.3) is 0 Å². The molecule has 2 aromatic carbocycles. The summed E-state index contributed by atoms with van der Waals surface area (Å²) < 4.78 is 5.54. The van der Waals surface area contributed by atoms with Gasteiger partial charge in [-0.1, -0.05) is 19.1 Å². The highest BCUT2D eigenvalue weighted by molar-refractivity contribution is 7.98. The van der Waals surface area contributed by atoms with Crippen molar-refractivity contribution in [3.8, 4) is 5.75 Å². The van der Waals surface area contributed by atoms with Crippen molar-refractivity contribution in [2.75, 3.05) is 12.9 Å². The molecule has 0 aliphatic carbocycles. The zero-order valence-corrected chi connectivity index (χ0v) is 13.9. The minimum atomic E-state index is 0.235. The van der Waals surface area contributed by atoms with Crippen molar-refractivity contribution in [3.05, 3.63) is 53.9 Å². The number of aromatic amines is 1. The van der Waals surface area contributed by atoms with E-state index in [1.807, 2.05) is 25.1 Å². The van der Waals surface area contributed by atoms with Gasteiger partial charge in [-0.3, -0.25) is 0 Å². The van der Waals surface area contributed by atoms with Crippen LogP contribution < -0.4 is 4.74 Å². The number of nitrogens with one attached hydrogen (secondary N) is 1. The molecule has 0 fully saturated rings. The molecule has 1 unspecified atom stereocenters. The van der Waals surface area contributed by atoms with E-state index in [0.29, 0.717) is 6.61 Å². The zero-order valence-electron chi connectivity index (χ0n) is 13.1. The van der Waals surface area contributed by atoms with Crippen LogP contribution >= 0.6 is 11.8 Å². The first-order chi connectivity index (χ1) is 10.7. The van der Waals surface area contributed by atoms with Crippen LogP contribution in [0.3, 0.4) is 0 Å². The first-order valence-corrected chi connectivity index (χ1v) is 8.70. The van der Waals surface area contributed by atoms with E-state index in [0.717, 1.165) is 22.6 Å². The average molecular weight is 312 g/mol. The number of ether oxygens (including phenoxy) is 1. The zero-order chi connectivity index (χ0) is 15.5. The summed E-state index contributed by atoms with van der Waals surface area (Å²) >= 11 is 1.76. The van der Waals surface area contributed by atoms with Gasteiger partial charge in [0.15, 0.2) is 0 Å². The smallest absolute Gasteiger partial charge is 0.121 e. The van der Waals surface area contributed by atoms with Crippen molar-refractivity contribution in [2.45, 2.75) is 24.7 Å². The van der Waals surface area contributed by atoms with Crippen molar-refractivity contribution in [1.29, 1.82) is 0 Å². The van der Waals surface area contributed by atoms with Gasteiger partial charge in [-0.15, -0.1) is 11.8 Å². The summed E-state index contributed by atoms with van der Waals surface area (Å²) in [4.78, 5) is 9.43. The number of hydrogen-bond acceptors (Lipinski definition) is 3. The molecule has 0 bridgehead atoms. The second-order valence-electron chi connectivity index (χ2n) is 5.23. The lowest BCUT2D eigenvalue weighted by Crippen LogP contribution is -1.98. The molecular weight excluding hydrogens is 292 g/mol. The Bertz CT molecular complexity index is 764. The maximum atomic E-state index is 5.54. The lowest BCUT2D eigenvalue weighted by atomic mass is 10.0. The summed E-state index contributed by atoms with van der Waals surface area (Å²) in [6.45, 7) is 4.83. The van der Waals surface area contributed by atoms with Crippen molar-refractivity contribution >= 4 is 22.8 Å². The molecule has 0 spiro atoms. The van der Waals surface area contributed by atoms with Gasteiger partial charge in [-0.05, 0) is 43.0 Å². The number of hydrogen-bond donors (Lipinski definition) is 1. The summed E-state index contributed by atoms with van der Waals surface area (Å²) in [5.41, 5.74) is 3.27. The molecule has 3 nitrogen and oxygen atoms in total. The third kappa shape index (κ3) is 2.97. The number of H-pyrrole nitrogens is 1. The van der Waals surface area contributed by atoms with Crippen LogP contribution in [0, 0.1) is 0 Å². The van der Waals surface area contributed by atoms with E-state index in [1.165, 1.54) is 10.5 Å². The van der Waals surface area contributed by atoms with Crippen LogP contribution in [0.5, 0.6) is 5.75 Å². The quantitative estimate of drug-likeness (QED) is 0.685. The van der Waals surface area contributed by atoms with E-state index in [9.17, 15) is 0 Å². The van der Waals surface area contributed by atoms with Gasteiger partial charge in [0, 0.05) is 16.9 Å². The molecule has 1 atom stereocenters. The lowest BCUT2D eigenvalue weighted by Gasteiger charge is -2.09. The van der Waals surface area contributed by atoms with Crippen LogP contribution in [0.25, 0.3) is 11.0 Å². The van der Waals surface area contributed by atoms with Crippen LogP contribution in [0.2, 0.25) is 0 Å². The number of benzene rings is 2. The molecule has 0 amide bonds. The first-order valence-electron chi connectivity index (χ1n) is 7.47. The van der Waals surface area contributed by atoms with Crippen LogP contribution in [-0.2, 0) is 0 Å². The Kier molecular flexibility index (Phi) is 4.39. The minimum absolute atomic E-state index is 0.235. The normalized spacial score (nSPS) is 12.5. The fourth-order valence-electron chi connectivity index (χ4n) is 2.52. The lowest BCUT2D eigenvalue weighted by molar-refractivity contribution is 0.340. The van der Waals surface area contributed by atoms with Gasteiger partial charge in [-0.2, -0.15) is 0 Å². The third-order valence-corrected chi connectivity index (χ3v) is 4.55. The predicted octanol–water partition coefficient (Wildman–Crippen LogP) is 4.84. The van der Waals surface area contributed by atoms with E-state index in [2.05, 4.69) is 42.4 Å². The average Bonchev–Trinajstić information content (AvgIpc) is 2.98. The maximum absolute atomic E-state index is 5.54. The molecule has 1 aromatic heterocycles. The summed E-state index contributed by atoms with van der Waals surface area (Å²) in [6, 6.07) is 14.7. The highest BCUT2D eigenvalue weighted by Crippen LogP contribution is 2.27. The number of thioether (sulfide) groups is 1. The van der Waals surface area contributed by atoms with E-state index < -0.39 is 0 Å². The van der Waals surface area contributed by atoms with E-state index in [4.69, 9.17) is 9.72 Å². The minimum Gasteiger partial charge on any atom is -0.494 e. The van der Waals surface area contributed by atoms with Crippen molar-refractivity contribution in [2.24, 2.45) is 0 Å². The van der Waals surface area contributed by atoms with Crippen molar-refractivity contribution < 1.29 is 4.74 Å². The fraction of sp³-hybridized carbons (Fsp3) is 0.278. The van der Waals surface area contributed by atoms with E-state index >= 15 is 0 Å². The Hall–Kier alpha value is -1.94. The van der Waals surface area contributed by atoms with Gasteiger partial charge >= 0.3 is 0 Å². The first kappa shape index (κ1) is 15.0. The molecule has 3 aromatic rings. The Labute approximate surface area is 135 Å². The molecule has 0 aliphatic rings. The SMILES string of the molecule is CCOc1ccc2[nH]c(C(C)c3ccc(SC)cc3)nc2c1. The summed E-state index contributed by atoms with van der Waals surface area (Å²) in [5.74, 6) is 2.09. The molecule has 1 N–H and O–H groups in total. The van der Waals surface area contributed by atoms with E-state index in [-0.39, 0.29) is 5.92 Å². The van der Waals surface area contributed by atoms with Gasteiger partial charge in [-0.25, -0.2) is 4.98 Å². The third-order valence-electron chi connectivity index (χ3n) is 3.81. The van der Waals surface area contributed by atoms with Crippen LogP contribution in [0.4, 0.5) is 0 Å². The Balaban J connectivity index is 1.90. The molecule has 4 heteroatoms. The summed E-state index contributed by atoms with van der Waals surface area (Å²) in [5, 5.41) is 0. The number of imidazole rings is 1. The summed E-state index contributed by atoms with van der Waals surface area (Å²) in [7, 11) is 0. The highest BCUT2D eigenvalue weighted by atomic mass is 32.2. The predicted molar refractivity (Wildman–Crippen MR) is 93.0 cm³/mol. The topological polar surface area (TPSA) is 37.9 Å². The van der Waals surface area contributed by atoms with Crippen LogP contribution in [-0.4, -0.2) is 22.8 Å². The molecule has 0 saturated carbocycles. The number of aromatic nitrogens is 2. The van der Waals surface area contributed by atoms with Crippen molar-refractivity contribution in [3.63, 3.8) is 0 Å². The van der Waals surface area contributed by atoms with Gasteiger partial charge in [0.2, 0.25) is 0 Å². The van der Waals surface area contributed by atoms with Gasteiger partial charge < -0.3 is 9.72 Å². The van der Waals surface area contributed by atoms with Crippen LogP contribution in [0.1, 0.15) is 31.2 Å². The van der Waals surface area contributed by atoms with Crippen molar-refractivity contribution in [1.82, 2.24) is 9.97 Å². The molecule has 0 aliphatic heterocycles. The second-order valence-corrected chi connectivity index (χ2v) is 6.11. The standard InChI is InChI=1S/C18H20N2OS/c1-4-21-14-7-10-16-17(11-14)20-18(19-16)12(2)13-5-8-15(22-3)9-6-13/h5-12H,4H2,1-3H3,(H,19,20). The molecule has 0 radical (unpaired) electrons. The molecule has 3 rings (SSSR count). The largest absolute Gasteiger partial charge is 0.494 e. The Morgan fingerprint density at radius 3 is 2.64 bits per heavy atom. The fourth-order valence-corrected chi connectivity index (χ4v) is 2.93. The van der Waals surface area contributed by atoms with Crippen LogP contribution in [0.15, 0.2) is 47.4 Å². The molecule has 1 heterocycles. The number of fused-ring (bicyclic) bond motifs is 1.